The Morgan fingerprint density at radius 1 is 0.903 bits per heavy atom. The maximum absolute atomic E-state index is 13.2. The van der Waals surface area contributed by atoms with Crippen molar-refractivity contribution in [2.45, 2.75) is 37.6 Å². The van der Waals surface area contributed by atoms with Gasteiger partial charge < -0.3 is 44.5 Å². The number of aromatic hydroxyl groups is 3. The fourth-order valence-corrected chi connectivity index (χ4v) is 3.41. The van der Waals surface area contributed by atoms with Crippen molar-refractivity contribution in [3.63, 3.8) is 0 Å². The molecule has 0 spiro atoms. The Kier molecular flexibility index (Phi) is 5.23. The predicted octanol–water partition coefficient (Wildman–Crippen LogP) is 0.783. The Morgan fingerprint density at radius 3 is 2.26 bits per heavy atom. The van der Waals surface area contributed by atoms with Gasteiger partial charge >= 0.3 is 0 Å². The van der Waals surface area contributed by atoms with Crippen LogP contribution in [0.1, 0.15) is 6.92 Å². The summed E-state index contributed by atoms with van der Waals surface area (Å²) >= 11 is 0. The third-order valence-corrected chi connectivity index (χ3v) is 5.09. The zero-order valence-electron chi connectivity index (χ0n) is 16.2. The van der Waals surface area contributed by atoms with E-state index in [1.165, 1.54) is 31.2 Å². The van der Waals surface area contributed by atoms with Crippen LogP contribution in [-0.2, 0) is 4.74 Å². The zero-order valence-corrected chi connectivity index (χ0v) is 16.2. The van der Waals surface area contributed by atoms with Crippen molar-refractivity contribution >= 4 is 11.0 Å². The summed E-state index contributed by atoms with van der Waals surface area (Å²) in [6.45, 7) is 1.45. The minimum atomic E-state index is -1.69. The molecular formula is C21H20O10. The number of aliphatic hydroxyl groups excluding tert-OH is 3. The molecule has 0 bridgehead atoms. The lowest BCUT2D eigenvalue weighted by Crippen LogP contribution is -2.58. The molecule has 4 rings (SSSR count). The van der Waals surface area contributed by atoms with E-state index in [1.807, 2.05) is 0 Å². The molecule has 10 heteroatoms. The van der Waals surface area contributed by atoms with Crippen molar-refractivity contribution in [1.29, 1.82) is 0 Å². The smallest absolute Gasteiger partial charge is 0.239 e. The highest BCUT2D eigenvalue weighted by atomic mass is 16.7. The number of hydrogen-bond acceptors (Lipinski definition) is 10. The molecule has 0 amide bonds. The van der Waals surface area contributed by atoms with Crippen LogP contribution in [0.5, 0.6) is 23.0 Å². The summed E-state index contributed by atoms with van der Waals surface area (Å²) in [6.07, 6.45) is -7.11. The molecule has 0 saturated carbocycles. The highest BCUT2D eigenvalue weighted by Crippen LogP contribution is 2.37. The molecule has 2 aromatic carbocycles. The SMILES string of the molecule is C[C@H]1O[C@H](Oc2c(-c3ccc(O)cc3)oc3cc(O)cc(O)c3c2=O)[C@@H](O)[C@H](O)[C@H]1O. The average Bonchev–Trinajstić information content (AvgIpc) is 2.72. The molecule has 3 aromatic rings. The number of hydrogen-bond donors (Lipinski definition) is 6. The van der Waals surface area contributed by atoms with Crippen LogP contribution in [0.2, 0.25) is 0 Å². The van der Waals surface area contributed by atoms with Gasteiger partial charge in [0, 0.05) is 17.7 Å². The van der Waals surface area contributed by atoms with Gasteiger partial charge in [-0.1, -0.05) is 0 Å². The monoisotopic (exact) mass is 432 g/mol. The van der Waals surface area contributed by atoms with Gasteiger partial charge in [0.1, 0.15) is 46.5 Å². The van der Waals surface area contributed by atoms with E-state index in [0.717, 1.165) is 12.1 Å². The van der Waals surface area contributed by atoms with Crippen molar-refractivity contribution in [1.82, 2.24) is 0 Å². The molecule has 31 heavy (non-hydrogen) atoms. The lowest BCUT2D eigenvalue weighted by molar-refractivity contribution is -0.268. The highest BCUT2D eigenvalue weighted by molar-refractivity contribution is 5.88. The number of phenolic OH excluding ortho intramolecular Hbond substituents is 3. The van der Waals surface area contributed by atoms with Crippen molar-refractivity contribution in [3.05, 3.63) is 46.6 Å². The Bertz CT molecular complexity index is 1170. The molecule has 1 aromatic heterocycles. The Labute approximate surface area is 174 Å². The van der Waals surface area contributed by atoms with E-state index in [2.05, 4.69) is 0 Å². The fourth-order valence-electron chi connectivity index (χ4n) is 3.41. The molecule has 1 saturated heterocycles. The molecule has 1 aliphatic rings. The van der Waals surface area contributed by atoms with Gasteiger partial charge in [0.05, 0.1) is 6.10 Å². The molecule has 5 atom stereocenters. The van der Waals surface area contributed by atoms with Gasteiger partial charge in [-0.25, -0.2) is 0 Å². The highest BCUT2D eigenvalue weighted by Gasteiger charge is 2.44. The molecule has 1 aliphatic heterocycles. The zero-order chi connectivity index (χ0) is 22.4. The molecule has 2 heterocycles. The molecule has 6 N–H and O–H groups in total. The first-order valence-electron chi connectivity index (χ1n) is 9.36. The summed E-state index contributed by atoms with van der Waals surface area (Å²) in [6, 6.07) is 7.66. The van der Waals surface area contributed by atoms with E-state index < -0.39 is 47.6 Å². The van der Waals surface area contributed by atoms with Gasteiger partial charge in [-0.3, -0.25) is 4.79 Å². The molecule has 10 nitrogen and oxygen atoms in total. The van der Waals surface area contributed by atoms with Crippen LogP contribution in [0.15, 0.2) is 45.6 Å². The molecule has 1 fully saturated rings. The summed E-state index contributed by atoms with van der Waals surface area (Å²) < 4.78 is 16.8. The van der Waals surface area contributed by atoms with Crippen LogP contribution in [0.3, 0.4) is 0 Å². The minimum absolute atomic E-state index is 0.0402. The van der Waals surface area contributed by atoms with Gasteiger partial charge in [-0.05, 0) is 31.2 Å². The van der Waals surface area contributed by atoms with E-state index >= 15 is 0 Å². The molecular weight excluding hydrogens is 412 g/mol. The molecule has 0 unspecified atom stereocenters. The summed E-state index contributed by atoms with van der Waals surface area (Å²) in [5, 5.41) is 59.4. The van der Waals surface area contributed by atoms with Crippen LogP contribution in [0.25, 0.3) is 22.3 Å². The van der Waals surface area contributed by atoms with Gasteiger partial charge in [-0.15, -0.1) is 0 Å². The number of aliphatic hydroxyl groups is 3. The Hall–Kier alpha value is -3.31. The van der Waals surface area contributed by atoms with Crippen LogP contribution in [0, 0.1) is 0 Å². The maximum atomic E-state index is 13.2. The third kappa shape index (κ3) is 3.66. The lowest BCUT2D eigenvalue weighted by Gasteiger charge is -2.38. The number of fused-ring (bicyclic) bond motifs is 1. The second kappa shape index (κ2) is 7.75. The van der Waals surface area contributed by atoms with E-state index in [1.54, 1.807) is 0 Å². The second-order valence-electron chi connectivity index (χ2n) is 7.27. The normalized spacial score (nSPS) is 26.1. The standard InChI is InChI=1S/C21H20O10/c1-8-15(25)17(27)18(28)21(29-8)31-20-16(26)14-12(24)6-11(23)7-13(14)30-19(20)9-2-4-10(22)5-3-9/h2-8,15,17-18,21-25,27-28H,1H3/t8-,15+,17-,18+,21-/m1/s1. The second-order valence-corrected chi connectivity index (χ2v) is 7.27. The summed E-state index contributed by atoms with van der Waals surface area (Å²) in [5.41, 5.74) is -0.661. The average molecular weight is 432 g/mol. The van der Waals surface area contributed by atoms with Crippen LogP contribution >= 0.6 is 0 Å². The Balaban J connectivity index is 1.90. The van der Waals surface area contributed by atoms with Crippen molar-refractivity contribution in [3.8, 4) is 34.3 Å². The topological polar surface area (TPSA) is 170 Å². The van der Waals surface area contributed by atoms with E-state index in [-0.39, 0.29) is 28.2 Å². The van der Waals surface area contributed by atoms with Crippen LogP contribution < -0.4 is 10.2 Å². The first-order chi connectivity index (χ1) is 14.7. The van der Waals surface area contributed by atoms with Crippen LogP contribution in [0.4, 0.5) is 0 Å². The summed E-state index contributed by atoms with van der Waals surface area (Å²) in [4.78, 5) is 13.2. The lowest BCUT2D eigenvalue weighted by atomic mass is 10.00. The number of ether oxygens (including phenoxy) is 2. The van der Waals surface area contributed by atoms with Gasteiger partial charge in [-0.2, -0.15) is 0 Å². The Morgan fingerprint density at radius 2 is 1.58 bits per heavy atom. The summed E-state index contributed by atoms with van der Waals surface area (Å²) in [5.74, 6) is -1.51. The predicted molar refractivity (Wildman–Crippen MR) is 106 cm³/mol. The number of phenols is 3. The van der Waals surface area contributed by atoms with E-state index in [9.17, 15) is 35.4 Å². The maximum Gasteiger partial charge on any atom is 0.239 e. The quantitative estimate of drug-likeness (QED) is 0.348. The van der Waals surface area contributed by atoms with E-state index in [0.29, 0.717) is 5.56 Å². The first kappa shape index (κ1) is 20.9. The van der Waals surface area contributed by atoms with Crippen molar-refractivity contribution in [2.75, 3.05) is 0 Å². The fraction of sp³-hybridized carbons (Fsp3) is 0.286. The molecule has 164 valence electrons. The molecule has 0 aliphatic carbocycles. The van der Waals surface area contributed by atoms with Crippen molar-refractivity contribution < 1.29 is 44.5 Å². The van der Waals surface area contributed by atoms with Crippen molar-refractivity contribution in [2.24, 2.45) is 0 Å². The number of benzene rings is 2. The van der Waals surface area contributed by atoms with E-state index in [4.69, 9.17) is 13.9 Å². The minimum Gasteiger partial charge on any atom is -0.508 e. The number of rotatable bonds is 3. The summed E-state index contributed by atoms with van der Waals surface area (Å²) in [7, 11) is 0. The van der Waals surface area contributed by atoms with Gasteiger partial charge in [0.15, 0.2) is 5.76 Å². The van der Waals surface area contributed by atoms with Gasteiger partial charge in [0.2, 0.25) is 17.5 Å². The third-order valence-electron chi connectivity index (χ3n) is 5.09. The van der Waals surface area contributed by atoms with Crippen LogP contribution in [-0.4, -0.2) is 61.3 Å². The van der Waals surface area contributed by atoms with Gasteiger partial charge in [0.25, 0.3) is 0 Å². The largest absolute Gasteiger partial charge is 0.508 e. The molecule has 0 radical (unpaired) electrons. The first-order valence-corrected chi connectivity index (χ1v) is 9.36.